The maximum atomic E-state index is 2.38. The molecule has 8 rings (SSSR count). The average molecular weight is 673 g/mol. The molecule has 8 aromatic carbocycles. The van der Waals surface area contributed by atoms with E-state index in [0.717, 1.165) is 0 Å². The minimum atomic E-state index is 1.17. The first-order valence-electron chi connectivity index (χ1n) is 19.4. The van der Waals surface area contributed by atoms with Crippen LogP contribution in [0.1, 0.15) is 85.8 Å². The average Bonchev–Trinajstić information content (AvgIpc) is 3.18. The van der Waals surface area contributed by atoms with E-state index in [0.29, 0.717) is 0 Å². The Morgan fingerprint density at radius 3 is 1.12 bits per heavy atom. The van der Waals surface area contributed by atoms with Gasteiger partial charge in [-0.25, -0.2) is 0 Å². The molecule has 0 heteroatoms. The van der Waals surface area contributed by atoms with Gasteiger partial charge in [-0.3, -0.25) is 0 Å². The highest BCUT2D eigenvalue weighted by molar-refractivity contribution is 6.21. The number of benzene rings is 8. The third-order valence-corrected chi connectivity index (χ3v) is 10.8. The van der Waals surface area contributed by atoms with Crippen molar-refractivity contribution in [1.82, 2.24) is 0 Å². The van der Waals surface area contributed by atoms with Crippen LogP contribution in [0.25, 0.3) is 78.2 Å². The summed E-state index contributed by atoms with van der Waals surface area (Å²) in [6.07, 6.45) is 19.0. The lowest BCUT2D eigenvalue weighted by Crippen LogP contribution is -1.85. The minimum Gasteiger partial charge on any atom is -0.0654 e. The summed E-state index contributed by atoms with van der Waals surface area (Å²) in [5.41, 5.74) is 7.81. The highest BCUT2D eigenvalue weighted by Crippen LogP contribution is 2.36. The van der Waals surface area contributed by atoms with Crippen molar-refractivity contribution in [2.24, 2.45) is 0 Å². The Bertz CT molecular complexity index is 2380. The molecule has 0 aromatic heterocycles. The Morgan fingerprint density at radius 1 is 0.308 bits per heavy atom. The third kappa shape index (κ3) is 7.44. The van der Waals surface area contributed by atoms with Crippen LogP contribution in [0.3, 0.4) is 0 Å². The summed E-state index contributed by atoms with van der Waals surface area (Å²) in [6, 6.07) is 50.5. The molecule has 0 N–H and O–H groups in total. The van der Waals surface area contributed by atoms with Crippen molar-refractivity contribution in [3.8, 4) is 0 Å². The van der Waals surface area contributed by atoms with Gasteiger partial charge in [-0.1, -0.05) is 161 Å². The molecule has 8 aromatic rings. The maximum Gasteiger partial charge on any atom is -0.00987 e. The first-order valence-corrected chi connectivity index (χ1v) is 19.4. The zero-order chi connectivity index (χ0) is 35.3. The van der Waals surface area contributed by atoms with Gasteiger partial charge < -0.3 is 0 Å². The Balaban J connectivity index is 1.04. The van der Waals surface area contributed by atoms with Gasteiger partial charge in [-0.2, -0.15) is 0 Å². The number of rotatable bonds is 12. The molecule has 0 amide bonds. The normalized spacial score (nSPS) is 12.1. The van der Waals surface area contributed by atoms with E-state index in [4.69, 9.17) is 0 Å². The van der Waals surface area contributed by atoms with Crippen LogP contribution in [0.2, 0.25) is 0 Å². The lowest BCUT2D eigenvalue weighted by Gasteiger charge is -2.11. The fourth-order valence-electron chi connectivity index (χ4n) is 7.75. The molecular formula is C52H48. The van der Waals surface area contributed by atoms with Crippen molar-refractivity contribution in [2.45, 2.75) is 65.2 Å². The predicted molar refractivity (Wildman–Crippen MR) is 231 cm³/mol. The Kier molecular flexibility index (Phi) is 9.99. The van der Waals surface area contributed by atoms with E-state index in [1.54, 1.807) is 0 Å². The number of aryl methyl sites for hydroxylation is 2. The fourth-order valence-corrected chi connectivity index (χ4v) is 7.75. The summed E-state index contributed by atoms with van der Waals surface area (Å²) < 4.78 is 0. The fraction of sp³-hybridized carbons (Fsp3) is 0.192. The van der Waals surface area contributed by atoms with Crippen molar-refractivity contribution in [3.63, 3.8) is 0 Å². The van der Waals surface area contributed by atoms with Crippen LogP contribution in [-0.4, -0.2) is 0 Å². The first kappa shape index (κ1) is 33.7. The maximum absolute atomic E-state index is 2.38. The molecule has 0 atom stereocenters. The molecule has 256 valence electrons. The molecule has 0 aliphatic heterocycles. The third-order valence-electron chi connectivity index (χ3n) is 10.8. The van der Waals surface area contributed by atoms with Gasteiger partial charge in [0.25, 0.3) is 0 Å². The van der Waals surface area contributed by atoms with E-state index < -0.39 is 0 Å². The number of fused-ring (bicyclic) bond motifs is 7. The van der Waals surface area contributed by atoms with Crippen LogP contribution in [0, 0.1) is 0 Å². The highest BCUT2D eigenvalue weighted by Gasteiger charge is 2.09. The predicted octanol–water partition coefficient (Wildman–Crippen LogP) is 15.3. The van der Waals surface area contributed by atoms with Gasteiger partial charge in [0.05, 0.1) is 0 Å². The number of hydrogen-bond donors (Lipinski definition) is 0. The van der Waals surface area contributed by atoms with Crippen LogP contribution in [0.5, 0.6) is 0 Å². The van der Waals surface area contributed by atoms with Crippen molar-refractivity contribution >= 4 is 78.2 Å². The lowest BCUT2D eigenvalue weighted by atomic mass is 9.93. The second kappa shape index (κ2) is 15.4. The van der Waals surface area contributed by atoms with E-state index >= 15 is 0 Å². The summed E-state index contributed by atoms with van der Waals surface area (Å²) in [5.74, 6) is 0. The van der Waals surface area contributed by atoms with Crippen LogP contribution in [-0.2, 0) is 12.8 Å². The van der Waals surface area contributed by atoms with Gasteiger partial charge in [0.15, 0.2) is 0 Å². The number of unbranched alkanes of at least 4 members (excludes halogenated alkanes) is 4. The van der Waals surface area contributed by atoms with E-state index in [-0.39, 0.29) is 0 Å². The van der Waals surface area contributed by atoms with E-state index in [2.05, 4.69) is 172 Å². The monoisotopic (exact) mass is 672 g/mol. The van der Waals surface area contributed by atoms with Crippen LogP contribution >= 0.6 is 0 Å². The van der Waals surface area contributed by atoms with Gasteiger partial charge in [0.2, 0.25) is 0 Å². The number of hydrogen-bond acceptors (Lipinski definition) is 0. The van der Waals surface area contributed by atoms with E-state index in [1.165, 1.54) is 139 Å². The standard InChI is InChI=1S/C52H48/c1-3-5-7-9-37-11-15-39(16-12-37)19-21-41-23-25-43-35-51-45(33-47(43)31-41)27-29-50-49(51)30-28-46-34-48-32-42(24-26-44(48)36-52(46)50)22-20-40-17-13-38(14-18-40)10-8-6-4-2/h11-36H,3-10H2,1-2H3. The van der Waals surface area contributed by atoms with Crippen molar-refractivity contribution in [2.75, 3.05) is 0 Å². The van der Waals surface area contributed by atoms with Crippen LogP contribution < -0.4 is 0 Å². The topological polar surface area (TPSA) is 0 Å². The summed E-state index contributed by atoms with van der Waals surface area (Å²) in [4.78, 5) is 0. The Morgan fingerprint density at radius 2 is 0.692 bits per heavy atom. The molecule has 0 fully saturated rings. The van der Waals surface area contributed by atoms with Gasteiger partial charge in [-0.15, -0.1) is 0 Å². The molecule has 0 radical (unpaired) electrons. The minimum absolute atomic E-state index is 1.17. The van der Waals surface area contributed by atoms with Gasteiger partial charge in [-0.05, 0) is 149 Å². The molecule has 52 heavy (non-hydrogen) atoms. The quantitative estimate of drug-likeness (QED) is 0.0524. The molecule has 0 bridgehead atoms. The zero-order valence-electron chi connectivity index (χ0n) is 30.7. The molecule has 0 spiro atoms. The molecule has 0 aliphatic carbocycles. The van der Waals surface area contributed by atoms with Gasteiger partial charge in [0.1, 0.15) is 0 Å². The summed E-state index contributed by atoms with van der Waals surface area (Å²) in [6.45, 7) is 4.52. The summed E-state index contributed by atoms with van der Waals surface area (Å²) in [7, 11) is 0. The lowest BCUT2D eigenvalue weighted by molar-refractivity contribution is 0.717. The smallest absolute Gasteiger partial charge is 0.00987 e. The SMILES string of the molecule is CCCCCc1ccc(C=Cc2ccc3cc4c(ccc5c6cc7ccc(C=Cc8ccc(CCCCC)cc8)cc7cc6ccc45)cc3c2)cc1. The molecule has 0 aliphatic rings. The molecule has 0 saturated carbocycles. The Hall–Kier alpha value is -5.46. The molecule has 0 heterocycles. The Labute approximate surface area is 309 Å². The van der Waals surface area contributed by atoms with Gasteiger partial charge >= 0.3 is 0 Å². The van der Waals surface area contributed by atoms with Crippen LogP contribution in [0.15, 0.2) is 133 Å². The molecular weight excluding hydrogens is 625 g/mol. The van der Waals surface area contributed by atoms with E-state index in [9.17, 15) is 0 Å². The molecule has 0 saturated heterocycles. The second-order valence-corrected chi connectivity index (χ2v) is 14.7. The second-order valence-electron chi connectivity index (χ2n) is 14.7. The van der Waals surface area contributed by atoms with Crippen molar-refractivity contribution in [1.29, 1.82) is 0 Å². The molecule has 0 nitrogen and oxygen atoms in total. The van der Waals surface area contributed by atoms with Crippen LogP contribution in [0.4, 0.5) is 0 Å². The largest absolute Gasteiger partial charge is 0.0654 e. The van der Waals surface area contributed by atoms with Crippen molar-refractivity contribution in [3.05, 3.63) is 167 Å². The summed E-state index contributed by atoms with van der Waals surface area (Å²) >= 11 is 0. The molecule has 0 unspecified atom stereocenters. The van der Waals surface area contributed by atoms with Crippen molar-refractivity contribution < 1.29 is 0 Å². The highest BCUT2D eigenvalue weighted by atomic mass is 14.1. The van der Waals surface area contributed by atoms with Gasteiger partial charge in [0, 0.05) is 0 Å². The first-order chi connectivity index (χ1) is 25.6. The zero-order valence-corrected chi connectivity index (χ0v) is 30.7. The van der Waals surface area contributed by atoms with E-state index in [1.807, 2.05) is 0 Å². The summed E-state index contributed by atoms with van der Waals surface area (Å²) in [5, 5.41) is 12.9.